The smallest absolute Gasteiger partial charge is 0.191 e. The Balaban J connectivity index is 0.00000264. The summed E-state index contributed by atoms with van der Waals surface area (Å²) in [5.41, 5.74) is 0. The molecule has 2 aromatic heterocycles. The van der Waals surface area contributed by atoms with E-state index in [1.807, 2.05) is 29.9 Å². The lowest BCUT2D eigenvalue weighted by Gasteiger charge is -2.17. The predicted octanol–water partition coefficient (Wildman–Crippen LogP) is 2.41. The van der Waals surface area contributed by atoms with E-state index in [1.54, 1.807) is 7.05 Å². The largest absolute Gasteiger partial charge is 0.354 e. The van der Waals surface area contributed by atoms with E-state index in [4.69, 9.17) is 0 Å². The highest BCUT2D eigenvalue weighted by Crippen LogP contribution is 2.16. The second-order valence-corrected chi connectivity index (χ2v) is 6.78. The van der Waals surface area contributed by atoms with Crippen molar-refractivity contribution >= 4 is 41.3 Å². The molecule has 0 saturated carbocycles. The standard InChI is InChI=1S/C15H24N6S.HI/c1-10(8-13-7-6-11(2)22-13)18-15(16-4)17-9-14-20-19-12(3)21(14)5;/h6-7,10H,8-9H2,1-5H3,(H2,16,17,18);1H. The van der Waals surface area contributed by atoms with E-state index in [9.17, 15) is 0 Å². The van der Waals surface area contributed by atoms with Gasteiger partial charge >= 0.3 is 0 Å². The van der Waals surface area contributed by atoms with Crippen LogP contribution in [0.5, 0.6) is 0 Å². The summed E-state index contributed by atoms with van der Waals surface area (Å²) in [5.74, 6) is 2.57. The molecule has 1 atom stereocenters. The normalized spacial score (nSPS) is 12.7. The minimum atomic E-state index is 0. The molecular weight excluding hydrogens is 423 g/mol. The molecule has 0 amide bonds. The summed E-state index contributed by atoms with van der Waals surface area (Å²) in [6.07, 6.45) is 0.988. The fraction of sp³-hybridized carbons (Fsp3) is 0.533. The van der Waals surface area contributed by atoms with Crippen LogP contribution in [-0.2, 0) is 20.0 Å². The molecule has 0 radical (unpaired) electrons. The van der Waals surface area contributed by atoms with Gasteiger partial charge in [0.05, 0.1) is 6.54 Å². The summed E-state index contributed by atoms with van der Waals surface area (Å²) in [6, 6.07) is 4.66. The van der Waals surface area contributed by atoms with Crippen LogP contribution in [0.2, 0.25) is 0 Å². The first-order valence-electron chi connectivity index (χ1n) is 7.37. The Morgan fingerprint density at radius 2 is 2.09 bits per heavy atom. The van der Waals surface area contributed by atoms with Gasteiger partial charge in [-0.05, 0) is 32.9 Å². The highest BCUT2D eigenvalue weighted by Gasteiger charge is 2.09. The number of thiophene rings is 1. The minimum Gasteiger partial charge on any atom is -0.354 e. The summed E-state index contributed by atoms with van der Waals surface area (Å²) >= 11 is 1.84. The van der Waals surface area contributed by atoms with Crippen molar-refractivity contribution in [2.75, 3.05) is 7.05 Å². The highest BCUT2D eigenvalue weighted by atomic mass is 127. The van der Waals surface area contributed by atoms with Crippen molar-refractivity contribution in [1.29, 1.82) is 0 Å². The van der Waals surface area contributed by atoms with Gasteiger partial charge in [0.25, 0.3) is 0 Å². The number of hydrogen-bond donors (Lipinski definition) is 2. The van der Waals surface area contributed by atoms with E-state index in [1.165, 1.54) is 9.75 Å². The molecular formula is C15H25IN6S. The first-order valence-corrected chi connectivity index (χ1v) is 8.18. The van der Waals surface area contributed by atoms with Crippen LogP contribution in [0.3, 0.4) is 0 Å². The van der Waals surface area contributed by atoms with Gasteiger partial charge < -0.3 is 15.2 Å². The zero-order chi connectivity index (χ0) is 16.1. The van der Waals surface area contributed by atoms with Gasteiger partial charge in [0.1, 0.15) is 5.82 Å². The van der Waals surface area contributed by atoms with Gasteiger partial charge in [0.15, 0.2) is 11.8 Å². The fourth-order valence-electron chi connectivity index (χ4n) is 2.14. The number of aryl methyl sites for hydroxylation is 2. The SMILES string of the molecule is CN=C(NCc1nnc(C)n1C)NC(C)Cc1ccc(C)s1.I. The summed E-state index contributed by atoms with van der Waals surface area (Å²) in [6.45, 7) is 6.83. The Morgan fingerprint density at radius 3 is 2.61 bits per heavy atom. The minimum absolute atomic E-state index is 0. The predicted molar refractivity (Wildman–Crippen MR) is 107 cm³/mol. The van der Waals surface area contributed by atoms with Gasteiger partial charge in [0.2, 0.25) is 0 Å². The highest BCUT2D eigenvalue weighted by molar-refractivity contribution is 14.0. The summed E-state index contributed by atoms with van der Waals surface area (Å²) in [7, 11) is 3.74. The van der Waals surface area contributed by atoms with Gasteiger partial charge in [0, 0.05) is 36.3 Å². The van der Waals surface area contributed by atoms with Crippen molar-refractivity contribution in [3.63, 3.8) is 0 Å². The maximum Gasteiger partial charge on any atom is 0.191 e. The van der Waals surface area contributed by atoms with Crippen LogP contribution < -0.4 is 10.6 Å². The van der Waals surface area contributed by atoms with Gasteiger partial charge in [-0.25, -0.2) is 0 Å². The Labute approximate surface area is 158 Å². The molecule has 0 fully saturated rings. The molecule has 128 valence electrons. The maximum absolute atomic E-state index is 4.27. The number of halogens is 1. The average molecular weight is 448 g/mol. The van der Waals surface area contributed by atoms with Crippen molar-refractivity contribution in [1.82, 2.24) is 25.4 Å². The lowest BCUT2D eigenvalue weighted by molar-refractivity contribution is 0.636. The van der Waals surface area contributed by atoms with E-state index >= 15 is 0 Å². The van der Waals surface area contributed by atoms with E-state index in [2.05, 4.69) is 51.8 Å². The molecule has 23 heavy (non-hydrogen) atoms. The number of aromatic nitrogens is 3. The Bertz CT molecular complexity index is 648. The Hall–Kier alpha value is -1.16. The van der Waals surface area contributed by atoms with Crippen LogP contribution >= 0.6 is 35.3 Å². The molecule has 0 bridgehead atoms. The van der Waals surface area contributed by atoms with E-state index in [0.29, 0.717) is 12.6 Å². The monoisotopic (exact) mass is 448 g/mol. The zero-order valence-electron chi connectivity index (χ0n) is 14.3. The lowest BCUT2D eigenvalue weighted by Crippen LogP contribution is -2.42. The third-order valence-electron chi connectivity index (χ3n) is 3.51. The van der Waals surface area contributed by atoms with Gasteiger partial charge in [-0.15, -0.1) is 45.5 Å². The van der Waals surface area contributed by atoms with Crippen LogP contribution in [0.25, 0.3) is 0 Å². The van der Waals surface area contributed by atoms with E-state index in [0.717, 1.165) is 24.0 Å². The maximum atomic E-state index is 4.27. The van der Waals surface area contributed by atoms with Crippen molar-refractivity contribution < 1.29 is 0 Å². The molecule has 2 rings (SSSR count). The van der Waals surface area contributed by atoms with Crippen LogP contribution in [0.15, 0.2) is 17.1 Å². The molecule has 2 aromatic rings. The van der Waals surface area contributed by atoms with Gasteiger partial charge in [-0.3, -0.25) is 4.99 Å². The topological polar surface area (TPSA) is 67.1 Å². The first-order chi connectivity index (χ1) is 10.5. The molecule has 0 saturated heterocycles. The molecule has 0 aromatic carbocycles. The first kappa shape index (κ1) is 19.9. The number of nitrogens with zero attached hydrogens (tertiary/aromatic N) is 4. The Morgan fingerprint density at radius 1 is 1.35 bits per heavy atom. The quantitative estimate of drug-likeness (QED) is 0.419. The van der Waals surface area contributed by atoms with Crippen molar-refractivity contribution in [3.8, 4) is 0 Å². The molecule has 0 aliphatic rings. The summed E-state index contributed by atoms with van der Waals surface area (Å²) in [4.78, 5) is 7.00. The molecule has 2 heterocycles. The zero-order valence-corrected chi connectivity index (χ0v) is 17.4. The number of nitrogens with one attached hydrogen (secondary N) is 2. The van der Waals surface area contributed by atoms with Crippen molar-refractivity contribution in [2.24, 2.45) is 12.0 Å². The molecule has 2 N–H and O–H groups in total. The molecule has 8 heteroatoms. The lowest BCUT2D eigenvalue weighted by atomic mass is 10.2. The second kappa shape index (κ2) is 9.21. The van der Waals surface area contributed by atoms with Crippen LogP contribution in [0.1, 0.15) is 28.3 Å². The third kappa shape index (κ3) is 5.76. The Kier molecular flexibility index (Phi) is 7.97. The molecule has 0 aliphatic carbocycles. The average Bonchev–Trinajstić information content (AvgIpc) is 3.02. The van der Waals surface area contributed by atoms with E-state index in [-0.39, 0.29) is 24.0 Å². The summed E-state index contributed by atoms with van der Waals surface area (Å²) in [5, 5.41) is 14.9. The van der Waals surface area contributed by atoms with Crippen molar-refractivity contribution in [3.05, 3.63) is 33.5 Å². The van der Waals surface area contributed by atoms with Crippen LogP contribution in [0.4, 0.5) is 0 Å². The number of rotatable bonds is 5. The fourth-order valence-corrected chi connectivity index (χ4v) is 3.16. The van der Waals surface area contributed by atoms with E-state index < -0.39 is 0 Å². The molecule has 1 unspecified atom stereocenters. The molecule has 0 spiro atoms. The van der Waals surface area contributed by atoms with Crippen molar-refractivity contribution in [2.45, 2.75) is 39.8 Å². The number of aliphatic imine (C=N–C) groups is 1. The van der Waals surface area contributed by atoms with Gasteiger partial charge in [-0.2, -0.15) is 0 Å². The number of guanidine groups is 1. The molecule has 6 nitrogen and oxygen atoms in total. The molecule has 0 aliphatic heterocycles. The van der Waals surface area contributed by atoms with Crippen LogP contribution in [0, 0.1) is 13.8 Å². The summed E-state index contributed by atoms with van der Waals surface area (Å²) < 4.78 is 1.97. The number of hydrogen-bond acceptors (Lipinski definition) is 4. The second-order valence-electron chi connectivity index (χ2n) is 5.41. The van der Waals surface area contributed by atoms with Crippen LogP contribution in [-0.4, -0.2) is 33.8 Å². The third-order valence-corrected chi connectivity index (χ3v) is 4.53. The van der Waals surface area contributed by atoms with Gasteiger partial charge in [-0.1, -0.05) is 0 Å².